The van der Waals surface area contributed by atoms with Gasteiger partial charge in [0.15, 0.2) is 0 Å². The molecular weight excluding hydrogens is 360 g/mol. The second-order valence-electron chi connectivity index (χ2n) is 7.21. The monoisotopic (exact) mass is 384 g/mol. The number of nitrogens with zero attached hydrogens (tertiary/aromatic N) is 3. The average molecular weight is 384 g/mol. The molecule has 0 unspecified atom stereocenters. The first-order valence-electron chi connectivity index (χ1n) is 9.34. The van der Waals surface area contributed by atoms with Crippen molar-refractivity contribution in [3.63, 3.8) is 0 Å². The highest BCUT2D eigenvalue weighted by Crippen LogP contribution is 2.20. The van der Waals surface area contributed by atoms with Crippen LogP contribution in [-0.4, -0.2) is 24.6 Å². The lowest BCUT2D eigenvalue weighted by Crippen LogP contribution is -2.14. The molecule has 29 heavy (non-hydrogen) atoms. The second kappa shape index (κ2) is 8.49. The van der Waals surface area contributed by atoms with E-state index in [0.29, 0.717) is 5.69 Å². The molecule has 3 aromatic rings. The van der Waals surface area contributed by atoms with E-state index < -0.39 is 5.91 Å². The molecule has 1 heterocycles. The van der Waals surface area contributed by atoms with Gasteiger partial charge in [-0.3, -0.25) is 4.79 Å². The molecule has 0 aliphatic carbocycles. The maximum Gasteiger partial charge on any atom is 0.266 e. The number of nitrogens with one attached hydrogen (secondary N) is 1. The highest BCUT2D eigenvalue weighted by atomic mass is 16.1. The number of rotatable bonds is 5. The Labute approximate surface area is 171 Å². The number of carbonyl (C=O) groups excluding carboxylic acids is 1. The summed E-state index contributed by atoms with van der Waals surface area (Å²) >= 11 is 0. The maximum atomic E-state index is 12.6. The fraction of sp³-hybridized carbons (Fsp3) is 0.167. The van der Waals surface area contributed by atoms with E-state index in [1.807, 2.05) is 104 Å². The summed E-state index contributed by atoms with van der Waals surface area (Å²) < 4.78 is 1.95. The van der Waals surface area contributed by atoms with Gasteiger partial charge in [0, 0.05) is 43.0 Å². The Morgan fingerprint density at radius 3 is 2.31 bits per heavy atom. The van der Waals surface area contributed by atoms with Crippen molar-refractivity contribution < 1.29 is 4.79 Å². The number of amides is 1. The summed E-state index contributed by atoms with van der Waals surface area (Å²) in [7, 11) is 3.98. The van der Waals surface area contributed by atoms with Crippen LogP contribution < -0.4 is 10.2 Å². The van der Waals surface area contributed by atoms with Crippen LogP contribution in [0.15, 0.2) is 66.4 Å². The van der Waals surface area contributed by atoms with Crippen molar-refractivity contribution in [2.24, 2.45) is 0 Å². The van der Waals surface area contributed by atoms with E-state index in [1.165, 1.54) is 0 Å². The highest BCUT2D eigenvalue weighted by molar-refractivity contribution is 6.09. The van der Waals surface area contributed by atoms with Crippen LogP contribution in [-0.2, 0) is 4.79 Å². The highest BCUT2D eigenvalue weighted by Gasteiger charge is 2.12. The topological polar surface area (TPSA) is 61.1 Å². The van der Waals surface area contributed by atoms with Crippen LogP contribution in [0.5, 0.6) is 0 Å². The second-order valence-corrected chi connectivity index (χ2v) is 7.21. The number of aryl methyl sites for hydroxylation is 2. The zero-order valence-corrected chi connectivity index (χ0v) is 17.1. The SMILES string of the molecule is Cc1cc(C)cc(NC(=O)/C(C#N)=C\c2cccn2-c2ccc(N(C)C)cc2)c1. The lowest BCUT2D eigenvalue weighted by molar-refractivity contribution is -0.112. The molecule has 0 radical (unpaired) electrons. The van der Waals surface area contributed by atoms with Gasteiger partial charge < -0.3 is 14.8 Å². The Kier molecular flexibility index (Phi) is 5.85. The summed E-state index contributed by atoms with van der Waals surface area (Å²) in [4.78, 5) is 14.7. The van der Waals surface area contributed by atoms with Gasteiger partial charge >= 0.3 is 0 Å². The van der Waals surface area contributed by atoms with Crippen LogP contribution in [0.25, 0.3) is 11.8 Å². The van der Waals surface area contributed by atoms with Crippen LogP contribution in [0.2, 0.25) is 0 Å². The first-order chi connectivity index (χ1) is 13.9. The molecule has 146 valence electrons. The lowest BCUT2D eigenvalue weighted by Gasteiger charge is -2.14. The molecule has 5 nitrogen and oxygen atoms in total. The first-order valence-corrected chi connectivity index (χ1v) is 9.34. The molecule has 0 bridgehead atoms. The molecule has 0 spiro atoms. The number of hydrogen-bond donors (Lipinski definition) is 1. The number of carbonyl (C=O) groups is 1. The number of benzene rings is 2. The maximum absolute atomic E-state index is 12.6. The van der Waals surface area contributed by atoms with Gasteiger partial charge in [0.2, 0.25) is 0 Å². The minimum Gasteiger partial charge on any atom is -0.378 e. The van der Waals surface area contributed by atoms with Crippen LogP contribution >= 0.6 is 0 Å². The summed E-state index contributed by atoms with van der Waals surface area (Å²) in [5.41, 5.74) is 5.66. The Morgan fingerprint density at radius 2 is 1.72 bits per heavy atom. The fourth-order valence-electron chi connectivity index (χ4n) is 3.20. The van der Waals surface area contributed by atoms with E-state index in [4.69, 9.17) is 0 Å². The average Bonchev–Trinajstić information content (AvgIpc) is 3.13. The molecule has 2 aromatic carbocycles. The molecule has 1 N–H and O–H groups in total. The number of anilines is 2. The van der Waals surface area contributed by atoms with Gasteiger partial charge in [-0.15, -0.1) is 0 Å². The van der Waals surface area contributed by atoms with Crippen molar-refractivity contribution >= 4 is 23.4 Å². The van der Waals surface area contributed by atoms with Gasteiger partial charge in [-0.1, -0.05) is 6.07 Å². The number of nitriles is 1. The minimum absolute atomic E-state index is 0.0500. The van der Waals surface area contributed by atoms with Gasteiger partial charge in [-0.2, -0.15) is 5.26 Å². The van der Waals surface area contributed by atoms with Gasteiger partial charge in [0.25, 0.3) is 5.91 Å². The van der Waals surface area contributed by atoms with E-state index in [-0.39, 0.29) is 5.57 Å². The van der Waals surface area contributed by atoms with Crippen molar-refractivity contribution in [2.75, 3.05) is 24.3 Å². The van der Waals surface area contributed by atoms with Crippen LogP contribution in [0, 0.1) is 25.2 Å². The summed E-state index contributed by atoms with van der Waals surface area (Å²) in [5, 5.41) is 12.4. The third-order valence-electron chi connectivity index (χ3n) is 4.56. The van der Waals surface area contributed by atoms with E-state index in [2.05, 4.69) is 5.32 Å². The van der Waals surface area contributed by atoms with Crippen LogP contribution in [0.4, 0.5) is 11.4 Å². The van der Waals surface area contributed by atoms with Crippen molar-refractivity contribution in [3.8, 4) is 11.8 Å². The molecule has 1 amide bonds. The van der Waals surface area contributed by atoms with Crippen molar-refractivity contribution in [1.29, 1.82) is 5.26 Å². The fourth-order valence-corrected chi connectivity index (χ4v) is 3.20. The van der Waals surface area contributed by atoms with E-state index in [9.17, 15) is 10.1 Å². The van der Waals surface area contributed by atoms with Crippen molar-refractivity contribution in [3.05, 3.63) is 83.2 Å². The third kappa shape index (κ3) is 4.74. The summed E-state index contributed by atoms with van der Waals surface area (Å²) in [5.74, 6) is -0.423. The summed E-state index contributed by atoms with van der Waals surface area (Å²) in [6.45, 7) is 3.94. The molecular formula is C24H24N4O. The zero-order chi connectivity index (χ0) is 21.0. The van der Waals surface area contributed by atoms with Crippen LogP contribution in [0.1, 0.15) is 16.8 Å². The molecule has 5 heteroatoms. The number of aromatic nitrogens is 1. The standard InChI is InChI=1S/C24H24N4O/c1-17-12-18(2)14-20(13-17)26-24(29)19(16-25)15-23-6-5-11-28(23)22-9-7-21(8-10-22)27(3)4/h5-15H,1-4H3,(H,26,29)/b19-15-. The van der Waals surface area contributed by atoms with Crippen molar-refractivity contribution in [1.82, 2.24) is 4.57 Å². The normalized spacial score (nSPS) is 11.1. The third-order valence-corrected chi connectivity index (χ3v) is 4.56. The predicted octanol–water partition coefficient (Wildman–Crippen LogP) is 4.71. The Bertz CT molecular complexity index is 1080. The quantitative estimate of drug-likeness (QED) is 0.512. The lowest BCUT2D eigenvalue weighted by atomic mass is 10.1. The Balaban J connectivity index is 1.87. The van der Waals surface area contributed by atoms with Crippen LogP contribution in [0.3, 0.4) is 0 Å². The first kappa shape index (κ1) is 20.0. The predicted molar refractivity (Wildman–Crippen MR) is 118 cm³/mol. The van der Waals surface area contributed by atoms with E-state index in [1.54, 1.807) is 6.08 Å². The summed E-state index contributed by atoms with van der Waals surface area (Å²) in [6, 6.07) is 19.7. The van der Waals surface area contributed by atoms with E-state index >= 15 is 0 Å². The van der Waals surface area contributed by atoms with Gasteiger partial charge in [0.05, 0.1) is 0 Å². The van der Waals surface area contributed by atoms with Gasteiger partial charge in [-0.05, 0) is 79.6 Å². The zero-order valence-electron chi connectivity index (χ0n) is 17.1. The Hall–Kier alpha value is -3.78. The molecule has 0 atom stereocenters. The minimum atomic E-state index is -0.423. The molecule has 3 rings (SSSR count). The Morgan fingerprint density at radius 1 is 1.07 bits per heavy atom. The largest absolute Gasteiger partial charge is 0.378 e. The molecule has 0 fully saturated rings. The van der Waals surface area contributed by atoms with E-state index in [0.717, 1.165) is 28.2 Å². The molecule has 0 saturated heterocycles. The van der Waals surface area contributed by atoms with Gasteiger partial charge in [-0.25, -0.2) is 0 Å². The molecule has 0 saturated carbocycles. The molecule has 1 aromatic heterocycles. The van der Waals surface area contributed by atoms with Gasteiger partial charge in [0.1, 0.15) is 11.6 Å². The number of hydrogen-bond acceptors (Lipinski definition) is 3. The smallest absolute Gasteiger partial charge is 0.266 e. The molecule has 0 aliphatic rings. The molecule has 0 aliphatic heterocycles. The van der Waals surface area contributed by atoms with Crippen molar-refractivity contribution in [2.45, 2.75) is 13.8 Å². The summed E-state index contributed by atoms with van der Waals surface area (Å²) in [6.07, 6.45) is 3.52.